The molecule has 2 aliphatic heterocycles. The van der Waals surface area contributed by atoms with Gasteiger partial charge in [0.2, 0.25) is 5.91 Å². The largest absolute Gasteiger partial charge is 0.467 e. The summed E-state index contributed by atoms with van der Waals surface area (Å²) in [5.74, 6) is 0.0424. The monoisotopic (exact) mass is 408 g/mol. The second kappa shape index (κ2) is 7.94. The van der Waals surface area contributed by atoms with Gasteiger partial charge in [0, 0.05) is 38.7 Å². The van der Waals surface area contributed by atoms with E-state index in [1.165, 1.54) is 22.8 Å². The fourth-order valence-electron chi connectivity index (χ4n) is 4.09. The number of carbonyl (C=O) groups excluding carboxylic acids is 2. The summed E-state index contributed by atoms with van der Waals surface area (Å²) in [7, 11) is 1.50. The van der Waals surface area contributed by atoms with E-state index in [9.17, 15) is 18.4 Å². The molecular weight excluding hydrogens is 386 g/mol. The van der Waals surface area contributed by atoms with Gasteiger partial charge >= 0.3 is 0 Å². The summed E-state index contributed by atoms with van der Waals surface area (Å²) in [6, 6.07) is 3.53. The fourth-order valence-corrected chi connectivity index (χ4v) is 4.09. The highest BCUT2D eigenvalue weighted by Crippen LogP contribution is 2.36. The highest BCUT2D eigenvalue weighted by molar-refractivity contribution is 5.95. The number of halogens is 2. The van der Waals surface area contributed by atoms with Gasteiger partial charge in [-0.2, -0.15) is 5.10 Å². The third kappa shape index (κ3) is 4.02. The minimum Gasteiger partial charge on any atom is -0.467 e. The molecule has 0 bridgehead atoms. The average molecular weight is 408 g/mol. The Kier molecular flexibility index (Phi) is 5.35. The van der Waals surface area contributed by atoms with Crippen LogP contribution >= 0.6 is 0 Å². The molecule has 1 N–H and O–H groups in total. The second-order valence-corrected chi connectivity index (χ2v) is 7.47. The first-order valence-electron chi connectivity index (χ1n) is 9.44. The van der Waals surface area contributed by atoms with Crippen LogP contribution in [0.25, 0.3) is 0 Å². The Labute approximate surface area is 165 Å². The molecule has 0 saturated carbocycles. The first kappa shape index (κ1) is 19.6. The molecule has 2 aromatic heterocycles. The van der Waals surface area contributed by atoms with Crippen LogP contribution in [0.3, 0.4) is 0 Å². The van der Waals surface area contributed by atoms with Gasteiger partial charge < -0.3 is 19.4 Å². The molecule has 0 unspecified atom stereocenters. The van der Waals surface area contributed by atoms with Crippen LogP contribution in [0.4, 0.5) is 8.78 Å². The zero-order chi connectivity index (χ0) is 20.5. The van der Waals surface area contributed by atoms with Gasteiger partial charge in [-0.1, -0.05) is 0 Å². The molecule has 4 heterocycles. The van der Waals surface area contributed by atoms with E-state index < -0.39 is 18.0 Å². The maximum Gasteiger partial charge on any atom is 0.282 e. The number of hydrogen-bond donors (Lipinski definition) is 1. The van der Waals surface area contributed by atoms with Crippen LogP contribution in [-0.2, 0) is 23.1 Å². The van der Waals surface area contributed by atoms with Crippen molar-refractivity contribution >= 4 is 11.8 Å². The van der Waals surface area contributed by atoms with Gasteiger partial charge in [-0.3, -0.25) is 14.3 Å². The number of nitrogens with zero attached hydrogens (tertiary/aromatic N) is 3. The van der Waals surface area contributed by atoms with Crippen molar-refractivity contribution in [2.45, 2.75) is 25.5 Å². The van der Waals surface area contributed by atoms with Crippen LogP contribution in [0.15, 0.2) is 29.0 Å². The Bertz CT molecular complexity index is 883. The molecule has 2 fully saturated rings. The quantitative estimate of drug-likeness (QED) is 0.787. The first-order chi connectivity index (χ1) is 13.9. The van der Waals surface area contributed by atoms with Gasteiger partial charge in [0.05, 0.1) is 31.1 Å². The number of amides is 2. The van der Waals surface area contributed by atoms with Gasteiger partial charge in [0.15, 0.2) is 0 Å². The third-order valence-corrected chi connectivity index (χ3v) is 5.51. The van der Waals surface area contributed by atoms with Crippen LogP contribution in [0.2, 0.25) is 0 Å². The summed E-state index contributed by atoms with van der Waals surface area (Å²) in [4.78, 5) is 26.6. The number of rotatable bonds is 6. The summed E-state index contributed by atoms with van der Waals surface area (Å²) < 4.78 is 38.5. The predicted molar refractivity (Wildman–Crippen MR) is 96.0 cm³/mol. The van der Waals surface area contributed by atoms with E-state index in [0.717, 1.165) is 0 Å². The number of aromatic nitrogens is 2. The number of furan rings is 1. The summed E-state index contributed by atoms with van der Waals surface area (Å²) in [6.07, 6.45) is 0.132. The molecule has 4 rings (SSSR count). The van der Waals surface area contributed by atoms with Crippen LogP contribution in [0.5, 0.6) is 0 Å². The highest BCUT2D eigenvalue weighted by Gasteiger charge is 2.46. The SMILES string of the molecule is Cn1cc(C(=O)N2C[C@@H]3[C@@H](CC(=O)NCc4ccco4)CO[C@@H]3C2)c(C(F)F)n1. The molecular formula is C19H22F2N4O4. The van der Waals surface area contributed by atoms with E-state index in [-0.39, 0.29) is 35.8 Å². The van der Waals surface area contributed by atoms with Crippen molar-refractivity contribution in [1.29, 1.82) is 0 Å². The molecule has 2 aromatic rings. The smallest absolute Gasteiger partial charge is 0.282 e. The normalized spacial score (nSPS) is 23.6. The number of carbonyl (C=O) groups is 2. The lowest BCUT2D eigenvalue weighted by Crippen LogP contribution is -2.32. The number of ether oxygens (including phenoxy) is 1. The molecule has 2 saturated heterocycles. The van der Waals surface area contributed by atoms with Crippen LogP contribution in [0, 0.1) is 11.8 Å². The van der Waals surface area contributed by atoms with Crippen LogP contribution in [0.1, 0.15) is 34.7 Å². The Balaban J connectivity index is 1.36. The Morgan fingerprint density at radius 1 is 1.38 bits per heavy atom. The van der Waals surface area contributed by atoms with E-state index in [4.69, 9.17) is 9.15 Å². The van der Waals surface area contributed by atoms with Crippen molar-refractivity contribution in [1.82, 2.24) is 20.0 Å². The summed E-state index contributed by atoms with van der Waals surface area (Å²) >= 11 is 0. The van der Waals surface area contributed by atoms with Crippen LogP contribution in [-0.4, -0.2) is 52.3 Å². The maximum atomic E-state index is 13.2. The second-order valence-electron chi connectivity index (χ2n) is 7.47. The number of hydrogen-bond acceptors (Lipinski definition) is 5. The van der Waals surface area contributed by atoms with Crippen molar-refractivity contribution in [2.24, 2.45) is 18.9 Å². The Morgan fingerprint density at radius 3 is 2.93 bits per heavy atom. The van der Waals surface area contributed by atoms with Gasteiger partial charge in [-0.25, -0.2) is 8.78 Å². The van der Waals surface area contributed by atoms with Gasteiger partial charge in [-0.05, 0) is 18.1 Å². The molecule has 0 aliphatic carbocycles. The lowest BCUT2D eigenvalue weighted by Gasteiger charge is -2.19. The van der Waals surface area contributed by atoms with Crippen molar-refractivity contribution in [2.75, 3.05) is 19.7 Å². The Hall–Kier alpha value is -2.75. The van der Waals surface area contributed by atoms with E-state index in [0.29, 0.717) is 32.0 Å². The highest BCUT2D eigenvalue weighted by atomic mass is 19.3. The van der Waals surface area contributed by atoms with E-state index in [1.54, 1.807) is 18.4 Å². The van der Waals surface area contributed by atoms with Crippen LogP contribution < -0.4 is 5.32 Å². The topological polar surface area (TPSA) is 89.6 Å². The number of nitrogens with one attached hydrogen (secondary N) is 1. The lowest BCUT2D eigenvalue weighted by molar-refractivity contribution is -0.122. The number of likely N-dealkylation sites (tertiary alicyclic amines) is 1. The summed E-state index contributed by atoms with van der Waals surface area (Å²) in [5, 5.41) is 6.51. The molecule has 2 aliphatic rings. The maximum absolute atomic E-state index is 13.2. The molecule has 0 radical (unpaired) electrons. The lowest BCUT2D eigenvalue weighted by atomic mass is 9.90. The molecule has 29 heavy (non-hydrogen) atoms. The number of fused-ring (bicyclic) bond motifs is 1. The molecule has 10 heteroatoms. The minimum atomic E-state index is -2.82. The van der Waals surface area contributed by atoms with Crippen molar-refractivity contribution < 1.29 is 27.5 Å². The minimum absolute atomic E-state index is 0.0000146. The van der Waals surface area contributed by atoms with E-state index in [1.807, 2.05) is 0 Å². The first-order valence-corrected chi connectivity index (χ1v) is 9.44. The molecule has 3 atom stereocenters. The van der Waals surface area contributed by atoms with Gasteiger partial charge in [-0.15, -0.1) is 0 Å². The molecule has 0 spiro atoms. The van der Waals surface area contributed by atoms with Gasteiger partial charge in [0.1, 0.15) is 11.5 Å². The van der Waals surface area contributed by atoms with Crippen molar-refractivity contribution in [3.05, 3.63) is 41.6 Å². The van der Waals surface area contributed by atoms with Crippen molar-refractivity contribution in [3.8, 4) is 0 Å². The van der Waals surface area contributed by atoms with E-state index >= 15 is 0 Å². The molecule has 8 nitrogen and oxygen atoms in total. The number of aryl methyl sites for hydroxylation is 1. The standard InChI is InChI=1S/C19H22F2N4O4/c1-24-7-14(17(23-24)18(20)21)19(27)25-8-13-11(10-29-15(13)9-25)5-16(26)22-6-12-3-2-4-28-12/h2-4,7,11,13,15,18H,5-6,8-10H2,1H3,(H,22,26)/t11-,13+,15+/m0/s1. The van der Waals surface area contributed by atoms with Gasteiger partial charge in [0.25, 0.3) is 12.3 Å². The molecule has 0 aromatic carbocycles. The fraction of sp³-hybridized carbons (Fsp3) is 0.526. The molecule has 2 amide bonds. The zero-order valence-electron chi connectivity index (χ0n) is 15.9. The van der Waals surface area contributed by atoms with Crippen molar-refractivity contribution in [3.63, 3.8) is 0 Å². The van der Waals surface area contributed by atoms with E-state index in [2.05, 4.69) is 10.4 Å². The summed E-state index contributed by atoms with van der Waals surface area (Å²) in [6.45, 7) is 1.46. The predicted octanol–water partition coefficient (Wildman–Crippen LogP) is 1.74. The third-order valence-electron chi connectivity index (χ3n) is 5.51. The Morgan fingerprint density at radius 2 is 2.21 bits per heavy atom. The molecule has 156 valence electrons. The zero-order valence-corrected chi connectivity index (χ0v) is 15.9. The average Bonchev–Trinajstić information content (AvgIpc) is 3.44. The summed E-state index contributed by atoms with van der Waals surface area (Å²) in [5.41, 5.74) is -0.598. The number of alkyl halides is 2.